The molecule has 0 radical (unpaired) electrons. The van der Waals surface area contributed by atoms with Crippen molar-refractivity contribution in [2.75, 3.05) is 5.32 Å². The zero-order valence-electron chi connectivity index (χ0n) is 12.7. The lowest BCUT2D eigenvalue weighted by Gasteiger charge is -2.13. The van der Waals surface area contributed by atoms with Gasteiger partial charge in [0.1, 0.15) is 11.6 Å². The molecule has 0 saturated heterocycles. The molecule has 0 bridgehead atoms. The van der Waals surface area contributed by atoms with Crippen LogP contribution in [0.15, 0.2) is 40.5 Å². The summed E-state index contributed by atoms with van der Waals surface area (Å²) in [6.45, 7) is 7.83. The number of halogens is 2. The first-order valence-electron chi connectivity index (χ1n) is 6.85. The van der Waals surface area contributed by atoms with Crippen LogP contribution in [0, 0.1) is 12.7 Å². The number of amides is 1. The number of hydrogen-bond acceptors (Lipinski definition) is 4. The lowest BCUT2D eigenvalue weighted by Crippen LogP contribution is -2.23. The monoisotopic (exact) mass is 398 g/mol. The minimum Gasteiger partial charge on any atom is -0.323 e. The van der Waals surface area contributed by atoms with Crippen molar-refractivity contribution in [3.05, 3.63) is 47.0 Å². The fourth-order valence-electron chi connectivity index (χ4n) is 1.82. The van der Waals surface area contributed by atoms with E-state index in [0.29, 0.717) is 16.2 Å². The highest BCUT2D eigenvalue weighted by Crippen LogP contribution is 2.25. The van der Waals surface area contributed by atoms with E-state index in [0.717, 1.165) is 5.82 Å². The molecule has 1 amide bonds. The summed E-state index contributed by atoms with van der Waals surface area (Å²) in [6, 6.07) is 4.48. The molecule has 23 heavy (non-hydrogen) atoms. The molecule has 0 aliphatic heterocycles. The predicted octanol–water partition coefficient (Wildman–Crippen LogP) is 3.79. The average Bonchev–Trinajstić information content (AvgIpc) is 2.83. The van der Waals surface area contributed by atoms with Crippen molar-refractivity contribution >= 4 is 39.3 Å². The molecule has 2 aromatic rings. The summed E-state index contributed by atoms with van der Waals surface area (Å²) in [6.07, 6.45) is 1.74. The van der Waals surface area contributed by atoms with Crippen molar-refractivity contribution in [2.24, 2.45) is 0 Å². The normalized spacial score (nSPS) is 12.0. The highest BCUT2D eigenvalue weighted by molar-refractivity contribution is 9.10. The molecular weight excluding hydrogens is 383 g/mol. The third-order valence-electron chi connectivity index (χ3n) is 3.05. The molecule has 5 nitrogen and oxygen atoms in total. The van der Waals surface area contributed by atoms with E-state index in [1.54, 1.807) is 19.1 Å². The number of carbonyl (C=O) groups excluding carboxylic acids is 1. The van der Waals surface area contributed by atoms with Gasteiger partial charge >= 0.3 is 0 Å². The summed E-state index contributed by atoms with van der Waals surface area (Å²) in [5.41, 5.74) is 0.148. The summed E-state index contributed by atoms with van der Waals surface area (Å²) in [5, 5.41) is 10.8. The molecule has 122 valence electrons. The van der Waals surface area contributed by atoms with Crippen LogP contribution in [0.2, 0.25) is 0 Å². The van der Waals surface area contributed by atoms with E-state index in [9.17, 15) is 9.18 Å². The van der Waals surface area contributed by atoms with Gasteiger partial charge in [-0.05, 0) is 32.0 Å². The van der Waals surface area contributed by atoms with Gasteiger partial charge in [-0.3, -0.25) is 4.79 Å². The molecule has 0 saturated carbocycles. The molecule has 2 rings (SSSR count). The van der Waals surface area contributed by atoms with Gasteiger partial charge in [-0.1, -0.05) is 33.8 Å². The molecule has 0 spiro atoms. The van der Waals surface area contributed by atoms with Crippen LogP contribution in [0.4, 0.5) is 10.1 Å². The van der Waals surface area contributed by atoms with Crippen molar-refractivity contribution < 1.29 is 9.18 Å². The summed E-state index contributed by atoms with van der Waals surface area (Å²) in [4.78, 5) is 12.2. The number of allylic oxidation sites excluding steroid dienone is 1. The second-order valence-corrected chi connectivity index (χ2v) is 7.03. The lowest BCUT2D eigenvalue weighted by atomic mass is 10.3. The van der Waals surface area contributed by atoms with Crippen LogP contribution in [0.25, 0.3) is 0 Å². The number of anilines is 1. The largest absolute Gasteiger partial charge is 0.323 e. The maximum absolute atomic E-state index is 13.8. The number of thioether (sulfide) groups is 1. The zero-order chi connectivity index (χ0) is 17.0. The Morgan fingerprint density at radius 3 is 2.96 bits per heavy atom. The smallest absolute Gasteiger partial charge is 0.237 e. The number of nitrogens with zero attached hydrogens (tertiary/aromatic N) is 3. The molecule has 8 heteroatoms. The van der Waals surface area contributed by atoms with Crippen LogP contribution >= 0.6 is 27.7 Å². The van der Waals surface area contributed by atoms with Crippen molar-refractivity contribution in [1.82, 2.24) is 14.8 Å². The van der Waals surface area contributed by atoms with Crippen LogP contribution in [0.5, 0.6) is 0 Å². The molecule has 1 heterocycles. The Labute approximate surface area is 146 Å². The zero-order valence-corrected chi connectivity index (χ0v) is 15.1. The van der Waals surface area contributed by atoms with Crippen LogP contribution < -0.4 is 5.32 Å². The van der Waals surface area contributed by atoms with Gasteiger partial charge in [-0.2, -0.15) is 0 Å². The van der Waals surface area contributed by atoms with Gasteiger partial charge in [0.05, 0.1) is 10.9 Å². The number of carbonyl (C=O) groups is 1. The fraction of sp³-hybridized carbons (Fsp3) is 0.267. The lowest BCUT2D eigenvalue weighted by molar-refractivity contribution is -0.115. The summed E-state index contributed by atoms with van der Waals surface area (Å²) < 4.78 is 16.3. The van der Waals surface area contributed by atoms with Gasteiger partial charge in [-0.15, -0.1) is 16.8 Å². The number of nitrogens with one attached hydrogen (secondary N) is 1. The van der Waals surface area contributed by atoms with Gasteiger partial charge in [0.25, 0.3) is 0 Å². The van der Waals surface area contributed by atoms with Gasteiger partial charge < -0.3 is 9.88 Å². The van der Waals surface area contributed by atoms with Gasteiger partial charge in [0, 0.05) is 11.0 Å². The second kappa shape index (κ2) is 7.74. The Bertz CT molecular complexity index is 734. The minimum atomic E-state index is -0.490. The molecule has 0 fully saturated rings. The molecule has 1 aromatic carbocycles. The highest BCUT2D eigenvalue weighted by Gasteiger charge is 2.20. The molecular formula is C15H16BrFN4OS. The Morgan fingerprint density at radius 1 is 1.57 bits per heavy atom. The molecule has 0 unspecified atom stereocenters. The topological polar surface area (TPSA) is 59.8 Å². The van der Waals surface area contributed by atoms with Crippen molar-refractivity contribution in [3.8, 4) is 0 Å². The van der Waals surface area contributed by atoms with E-state index in [1.165, 1.54) is 23.9 Å². The molecule has 0 aliphatic rings. The van der Waals surface area contributed by atoms with Crippen molar-refractivity contribution in [2.45, 2.75) is 30.8 Å². The highest BCUT2D eigenvalue weighted by atomic mass is 79.9. The van der Waals surface area contributed by atoms with Crippen LogP contribution in [0.3, 0.4) is 0 Å². The number of benzene rings is 1. The van der Waals surface area contributed by atoms with Crippen LogP contribution in [0.1, 0.15) is 12.7 Å². The number of hydrogen-bond donors (Lipinski definition) is 1. The number of aromatic nitrogens is 3. The van der Waals surface area contributed by atoms with E-state index in [2.05, 4.69) is 38.0 Å². The van der Waals surface area contributed by atoms with E-state index >= 15 is 0 Å². The third kappa shape index (κ3) is 4.42. The van der Waals surface area contributed by atoms with E-state index in [1.807, 2.05) is 11.5 Å². The number of rotatable bonds is 6. The molecule has 0 aliphatic carbocycles. The maximum atomic E-state index is 13.8. The van der Waals surface area contributed by atoms with E-state index in [-0.39, 0.29) is 11.6 Å². The molecule has 1 aromatic heterocycles. The summed E-state index contributed by atoms with van der Waals surface area (Å²) in [5.74, 6) is -0.0448. The van der Waals surface area contributed by atoms with Crippen molar-refractivity contribution in [3.63, 3.8) is 0 Å². The standard InChI is InChI=1S/C15H16BrFN4OS/c1-4-7-21-10(3)19-20-15(21)23-9(2)14(22)18-13-6-5-11(16)8-12(13)17/h4-6,8-9H,1,7H2,2-3H3,(H,18,22)/t9-/m0/s1. The maximum Gasteiger partial charge on any atom is 0.237 e. The Balaban J connectivity index is 2.07. The second-order valence-electron chi connectivity index (χ2n) is 4.80. The van der Waals surface area contributed by atoms with E-state index < -0.39 is 11.1 Å². The van der Waals surface area contributed by atoms with Gasteiger partial charge in [0.2, 0.25) is 5.91 Å². The quantitative estimate of drug-likeness (QED) is 0.593. The number of aryl methyl sites for hydroxylation is 1. The first-order valence-corrected chi connectivity index (χ1v) is 8.53. The minimum absolute atomic E-state index is 0.148. The third-order valence-corrected chi connectivity index (χ3v) is 4.63. The van der Waals surface area contributed by atoms with Crippen LogP contribution in [-0.4, -0.2) is 25.9 Å². The first-order chi connectivity index (χ1) is 10.9. The fourth-order valence-corrected chi connectivity index (χ4v) is 3.06. The van der Waals surface area contributed by atoms with Gasteiger partial charge in [0.15, 0.2) is 5.16 Å². The van der Waals surface area contributed by atoms with Gasteiger partial charge in [-0.25, -0.2) is 4.39 Å². The van der Waals surface area contributed by atoms with Crippen LogP contribution in [-0.2, 0) is 11.3 Å². The Morgan fingerprint density at radius 2 is 2.30 bits per heavy atom. The predicted molar refractivity (Wildman–Crippen MR) is 93.0 cm³/mol. The summed E-state index contributed by atoms with van der Waals surface area (Å²) in [7, 11) is 0. The SMILES string of the molecule is C=CCn1c(C)nnc1S[C@@H](C)C(=O)Nc1ccc(Br)cc1F. The Hall–Kier alpha value is -1.67. The summed E-state index contributed by atoms with van der Waals surface area (Å²) >= 11 is 4.44. The Kier molecular flexibility index (Phi) is 5.95. The van der Waals surface area contributed by atoms with Crippen molar-refractivity contribution in [1.29, 1.82) is 0 Å². The average molecular weight is 399 g/mol. The first kappa shape index (κ1) is 17.7. The molecule has 1 N–H and O–H groups in total. The van der Waals surface area contributed by atoms with E-state index in [4.69, 9.17) is 0 Å². The molecule has 1 atom stereocenters.